The van der Waals surface area contributed by atoms with Crippen LogP contribution >= 0.6 is 11.6 Å². The second-order valence-electron chi connectivity index (χ2n) is 7.79. The lowest BCUT2D eigenvalue weighted by Crippen LogP contribution is -2.20. The molecule has 0 aliphatic carbocycles. The molecule has 0 atom stereocenters. The molecule has 1 aliphatic heterocycles. The van der Waals surface area contributed by atoms with Crippen molar-refractivity contribution in [3.8, 4) is 11.1 Å². The lowest BCUT2D eigenvalue weighted by Gasteiger charge is -2.22. The summed E-state index contributed by atoms with van der Waals surface area (Å²) >= 11 is 6.47. The highest BCUT2D eigenvalue weighted by atomic mass is 35.5. The Balaban J connectivity index is 1.43. The van der Waals surface area contributed by atoms with Crippen LogP contribution in [-0.4, -0.2) is 43.6 Å². The Morgan fingerprint density at radius 1 is 1.12 bits per heavy atom. The van der Waals surface area contributed by atoms with Crippen molar-refractivity contribution in [2.24, 2.45) is 5.92 Å². The van der Waals surface area contributed by atoms with Gasteiger partial charge in [0.15, 0.2) is 0 Å². The third-order valence-corrected chi connectivity index (χ3v) is 5.95. The predicted molar refractivity (Wildman–Crippen MR) is 122 cm³/mol. The van der Waals surface area contributed by atoms with E-state index in [9.17, 15) is 4.79 Å². The Morgan fingerprint density at radius 3 is 2.75 bits per heavy atom. The van der Waals surface area contributed by atoms with Crippen LogP contribution in [0, 0.1) is 5.92 Å². The molecule has 0 saturated carbocycles. The largest absolute Gasteiger partial charge is 0.381 e. The van der Waals surface area contributed by atoms with Gasteiger partial charge in [0.1, 0.15) is 12.1 Å². The van der Waals surface area contributed by atoms with E-state index in [0.717, 1.165) is 54.8 Å². The number of nitrogens with one attached hydrogen (secondary N) is 1. The van der Waals surface area contributed by atoms with Crippen molar-refractivity contribution < 1.29 is 9.53 Å². The quantitative estimate of drug-likeness (QED) is 0.491. The number of hydrogen-bond acceptors (Lipinski definition) is 6. The maximum absolute atomic E-state index is 12.4. The van der Waals surface area contributed by atoms with E-state index in [2.05, 4.69) is 35.9 Å². The second-order valence-corrected chi connectivity index (χ2v) is 8.19. The molecule has 1 saturated heterocycles. The average molecular weight is 449 g/mol. The van der Waals surface area contributed by atoms with Gasteiger partial charge in [0.2, 0.25) is 0 Å². The summed E-state index contributed by atoms with van der Waals surface area (Å²) in [5.41, 5.74) is 4.04. The van der Waals surface area contributed by atoms with Crippen LogP contribution in [0.4, 0.5) is 5.82 Å². The van der Waals surface area contributed by atoms with Crippen molar-refractivity contribution in [2.45, 2.75) is 19.4 Å². The zero-order chi connectivity index (χ0) is 21.9. The van der Waals surface area contributed by atoms with Gasteiger partial charge in [-0.1, -0.05) is 17.7 Å². The molecular weight excluding hydrogens is 428 g/mol. The Bertz CT molecular complexity index is 1250. The summed E-state index contributed by atoms with van der Waals surface area (Å²) in [6.07, 6.45) is 9.83. The first-order valence-electron chi connectivity index (χ1n) is 10.4. The molecule has 4 aromatic rings. The van der Waals surface area contributed by atoms with Gasteiger partial charge in [-0.25, -0.2) is 19.9 Å². The number of benzene rings is 1. The Kier molecular flexibility index (Phi) is 5.79. The summed E-state index contributed by atoms with van der Waals surface area (Å²) in [5, 5.41) is 3.28. The van der Waals surface area contributed by atoms with E-state index < -0.39 is 0 Å². The summed E-state index contributed by atoms with van der Waals surface area (Å²) in [6, 6.07) is 7.82. The van der Waals surface area contributed by atoms with Crippen LogP contribution in [0.15, 0.2) is 55.5 Å². The summed E-state index contributed by atoms with van der Waals surface area (Å²) < 4.78 is 7.68. The molecule has 3 aromatic heterocycles. The molecule has 1 amide bonds. The normalized spacial score (nSPS) is 14.5. The Labute approximate surface area is 189 Å². The van der Waals surface area contributed by atoms with Gasteiger partial charge in [-0.15, -0.1) is 0 Å². The first-order valence-corrected chi connectivity index (χ1v) is 10.8. The number of fused-ring (bicyclic) bond motifs is 1. The van der Waals surface area contributed by atoms with E-state index in [0.29, 0.717) is 22.3 Å². The fourth-order valence-electron chi connectivity index (χ4n) is 3.91. The molecule has 4 heterocycles. The highest BCUT2D eigenvalue weighted by Gasteiger charge is 2.17. The van der Waals surface area contributed by atoms with Gasteiger partial charge >= 0.3 is 0 Å². The van der Waals surface area contributed by atoms with E-state index in [4.69, 9.17) is 16.3 Å². The van der Waals surface area contributed by atoms with E-state index in [1.54, 1.807) is 6.07 Å². The molecule has 8 nitrogen and oxygen atoms in total. The summed E-state index contributed by atoms with van der Waals surface area (Å²) in [5.74, 6) is 0.642. The highest BCUT2D eigenvalue weighted by molar-refractivity contribution is 6.33. The molecule has 9 heteroatoms. The molecule has 1 fully saturated rings. The molecule has 5 rings (SSSR count). The maximum atomic E-state index is 12.4. The van der Waals surface area contributed by atoms with Crippen LogP contribution in [0.1, 0.15) is 23.2 Å². The molecule has 162 valence electrons. The van der Waals surface area contributed by atoms with Gasteiger partial charge in [0.05, 0.1) is 27.9 Å². The number of hydrogen-bond donors (Lipinski definition) is 1. The number of carbonyl (C=O) groups is 1. The first-order chi connectivity index (χ1) is 15.7. The molecule has 1 aromatic carbocycles. The minimum atomic E-state index is -0.337. The predicted octanol–water partition coefficient (Wildman–Crippen LogP) is 4.22. The monoisotopic (exact) mass is 448 g/mol. The first kappa shape index (κ1) is 20.5. The van der Waals surface area contributed by atoms with Crippen LogP contribution in [0.25, 0.3) is 22.2 Å². The van der Waals surface area contributed by atoms with Crippen molar-refractivity contribution in [3.05, 3.63) is 66.1 Å². The maximum Gasteiger partial charge on any atom is 0.259 e. The van der Waals surface area contributed by atoms with E-state index >= 15 is 0 Å². The van der Waals surface area contributed by atoms with E-state index in [1.807, 2.05) is 18.5 Å². The molecule has 1 N–H and O–H groups in total. The lowest BCUT2D eigenvalue weighted by molar-refractivity contribution is 0.0616. The standard InChI is InChI=1S/C23H21ClN6O2/c24-19-11-27-22(29-23(31)17-9-25-13-26-10-17)8-18(19)16-1-2-20-21(7-16)30(14-28-20)12-15-3-5-32-6-4-15/h1-2,7-11,13-15H,3-6,12H2,(H,27,29,31). The fourth-order valence-corrected chi connectivity index (χ4v) is 4.12. The number of aromatic nitrogens is 5. The van der Waals surface area contributed by atoms with Crippen LogP contribution < -0.4 is 5.32 Å². The Morgan fingerprint density at radius 2 is 1.94 bits per heavy atom. The third-order valence-electron chi connectivity index (χ3n) is 5.65. The Hall–Kier alpha value is -3.36. The van der Waals surface area contributed by atoms with Crippen LogP contribution in [0.5, 0.6) is 0 Å². The van der Waals surface area contributed by atoms with Crippen LogP contribution in [0.3, 0.4) is 0 Å². The zero-order valence-electron chi connectivity index (χ0n) is 17.2. The smallest absolute Gasteiger partial charge is 0.259 e. The van der Waals surface area contributed by atoms with Gasteiger partial charge in [0, 0.05) is 43.9 Å². The third kappa shape index (κ3) is 4.32. The van der Waals surface area contributed by atoms with E-state index in [-0.39, 0.29) is 5.91 Å². The number of anilines is 1. The van der Waals surface area contributed by atoms with Gasteiger partial charge in [0.25, 0.3) is 5.91 Å². The molecule has 0 spiro atoms. The van der Waals surface area contributed by atoms with Crippen molar-refractivity contribution in [3.63, 3.8) is 0 Å². The number of nitrogens with zero attached hydrogens (tertiary/aromatic N) is 5. The topological polar surface area (TPSA) is 94.8 Å². The summed E-state index contributed by atoms with van der Waals surface area (Å²) in [7, 11) is 0. The lowest BCUT2D eigenvalue weighted by atomic mass is 10.00. The van der Waals surface area contributed by atoms with Crippen molar-refractivity contribution in [1.29, 1.82) is 0 Å². The number of rotatable bonds is 5. The van der Waals surface area contributed by atoms with Crippen molar-refractivity contribution in [2.75, 3.05) is 18.5 Å². The zero-order valence-corrected chi connectivity index (χ0v) is 18.0. The summed E-state index contributed by atoms with van der Waals surface area (Å²) in [4.78, 5) is 29.0. The second kappa shape index (κ2) is 9.02. The summed E-state index contributed by atoms with van der Waals surface area (Å²) in [6.45, 7) is 2.55. The van der Waals surface area contributed by atoms with Crippen LogP contribution in [0.2, 0.25) is 5.02 Å². The number of amides is 1. The van der Waals surface area contributed by atoms with Crippen molar-refractivity contribution in [1.82, 2.24) is 24.5 Å². The van der Waals surface area contributed by atoms with Gasteiger partial charge < -0.3 is 14.6 Å². The van der Waals surface area contributed by atoms with Crippen molar-refractivity contribution >= 4 is 34.4 Å². The van der Waals surface area contributed by atoms with Crippen LogP contribution in [-0.2, 0) is 11.3 Å². The van der Waals surface area contributed by atoms with Gasteiger partial charge in [-0.3, -0.25) is 4.79 Å². The SMILES string of the molecule is O=C(Nc1cc(-c2ccc3ncn(CC4CCOCC4)c3c2)c(Cl)cn1)c1cncnc1. The number of carbonyl (C=O) groups excluding carboxylic acids is 1. The molecule has 32 heavy (non-hydrogen) atoms. The van der Waals surface area contributed by atoms with Gasteiger partial charge in [-0.05, 0) is 42.5 Å². The number of halogens is 1. The van der Waals surface area contributed by atoms with Gasteiger partial charge in [-0.2, -0.15) is 0 Å². The molecule has 0 unspecified atom stereocenters. The average Bonchev–Trinajstić information content (AvgIpc) is 3.23. The molecule has 0 bridgehead atoms. The fraction of sp³-hybridized carbons (Fsp3) is 0.261. The minimum Gasteiger partial charge on any atom is -0.381 e. The molecular formula is C23H21ClN6O2. The number of ether oxygens (including phenoxy) is 1. The highest BCUT2D eigenvalue weighted by Crippen LogP contribution is 2.32. The molecule has 0 radical (unpaired) electrons. The number of pyridine rings is 1. The number of imidazole rings is 1. The molecule has 1 aliphatic rings. The minimum absolute atomic E-state index is 0.337. The van der Waals surface area contributed by atoms with E-state index in [1.165, 1.54) is 24.9 Å².